The van der Waals surface area contributed by atoms with Crippen LogP contribution in [0.3, 0.4) is 0 Å². The molecule has 0 fully saturated rings. The average Bonchev–Trinajstić information content (AvgIpc) is 2.20. The van der Waals surface area contributed by atoms with Crippen molar-refractivity contribution in [2.75, 3.05) is 25.1 Å². The summed E-state index contributed by atoms with van der Waals surface area (Å²) in [5, 5.41) is 3.16. The molecule has 0 spiro atoms. The van der Waals surface area contributed by atoms with E-state index in [2.05, 4.69) is 21.9 Å². The van der Waals surface area contributed by atoms with E-state index in [1.54, 1.807) is 12.4 Å². The van der Waals surface area contributed by atoms with Crippen molar-refractivity contribution in [2.45, 2.75) is 13.8 Å². The number of rotatable bonds is 6. The number of aryl methyl sites for hydroxylation is 1. The highest BCUT2D eigenvalue weighted by atomic mass is 16.5. The normalized spacial score (nSPS) is 10.0. The van der Waals surface area contributed by atoms with Crippen LogP contribution in [0.2, 0.25) is 0 Å². The number of nitrogens with zero attached hydrogens (tertiary/aromatic N) is 2. The van der Waals surface area contributed by atoms with Gasteiger partial charge in [-0.3, -0.25) is 4.98 Å². The maximum atomic E-state index is 5.35. The number of hydrogen-bond donors (Lipinski definition) is 1. The minimum Gasteiger partial charge on any atom is -0.375 e. The van der Waals surface area contributed by atoms with E-state index in [9.17, 15) is 0 Å². The van der Waals surface area contributed by atoms with Crippen LogP contribution < -0.4 is 5.32 Å². The highest BCUT2D eigenvalue weighted by Gasteiger charge is 1.97. The molecule has 0 saturated carbocycles. The molecule has 0 unspecified atom stereocenters. The molecule has 0 bridgehead atoms. The van der Waals surface area contributed by atoms with Gasteiger partial charge < -0.3 is 10.1 Å². The molecule has 0 aromatic carbocycles. The first-order valence-corrected chi connectivity index (χ1v) is 4.93. The Kier molecular flexibility index (Phi) is 4.77. The summed E-state index contributed by atoms with van der Waals surface area (Å²) in [6, 6.07) is 0. The molecule has 0 radical (unpaired) electrons. The summed E-state index contributed by atoms with van der Waals surface area (Å²) in [7, 11) is 0. The molecule has 4 heteroatoms. The summed E-state index contributed by atoms with van der Waals surface area (Å²) in [6.07, 6.45) is 3.35. The highest BCUT2D eigenvalue weighted by molar-refractivity contribution is 5.37. The van der Waals surface area contributed by atoms with Gasteiger partial charge in [-0.2, -0.15) is 0 Å². The van der Waals surface area contributed by atoms with Gasteiger partial charge in [-0.1, -0.05) is 12.2 Å². The molecule has 82 valence electrons. The summed E-state index contributed by atoms with van der Waals surface area (Å²) in [5.74, 6) is 0.816. The smallest absolute Gasteiger partial charge is 0.147 e. The van der Waals surface area contributed by atoms with E-state index in [1.165, 1.54) is 0 Å². The topological polar surface area (TPSA) is 47.0 Å². The van der Waals surface area contributed by atoms with Crippen molar-refractivity contribution >= 4 is 5.82 Å². The quantitative estimate of drug-likeness (QED) is 0.570. The number of aromatic nitrogens is 2. The van der Waals surface area contributed by atoms with Crippen LogP contribution >= 0.6 is 0 Å². The third kappa shape index (κ3) is 4.56. The maximum absolute atomic E-state index is 5.35. The van der Waals surface area contributed by atoms with Gasteiger partial charge in [0.15, 0.2) is 0 Å². The van der Waals surface area contributed by atoms with Gasteiger partial charge in [-0.05, 0) is 13.8 Å². The molecular weight excluding hydrogens is 190 g/mol. The summed E-state index contributed by atoms with van der Waals surface area (Å²) in [6.45, 7) is 9.61. The molecule has 1 heterocycles. The van der Waals surface area contributed by atoms with Gasteiger partial charge in [0, 0.05) is 18.9 Å². The van der Waals surface area contributed by atoms with Gasteiger partial charge in [0.05, 0.1) is 18.9 Å². The molecular formula is C11H17N3O. The van der Waals surface area contributed by atoms with E-state index in [-0.39, 0.29) is 0 Å². The first-order chi connectivity index (χ1) is 7.20. The number of hydrogen-bond acceptors (Lipinski definition) is 4. The Morgan fingerprint density at radius 3 is 2.87 bits per heavy atom. The zero-order valence-corrected chi connectivity index (χ0v) is 9.29. The van der Waals surface area contributed by atoms with Crippen molar-refractivity contribution in [1.29, 1.82) is 0 Å². The van der Waals surface area contributed by atoms with Crippen molar-refractivity contribution in [3.63, 3.8) is 0 Å². The highest BCUT2D eigenvalue weighted by Crippen LogP contribution is 2.04. The van der Waals surface area contributed by atoms with Crippen LogP contribution in [-0.2, 0) is 4.74 Å². The second-order valence-electron chi connectivity index (χ2n) is 3.43. The number of nitrogens with one attached hydrogen (secondary N) is 1. The lowest BCUT2D eigenvalue weighted by molar-refractivity contribution is 0.167. The predicted octanol–water partition coefficient (Wildman–Crippen LogP) is 1.79. The van der Waals surface area contributed by atoms with E-state index in [0.29, 0.717) is 13.2 Å². The van der Waals surface area contributed by atoms with Crippen molar-refractivity contribution in [2.24, 2.45) is 0 Å². The Hall–Kier alpha value is -1.42. The third-order valence-corrected chi connectivity index (χ3v) is 1.77. The Balaban J connectivity index is 2.21. The van der Waals surface area contributed by atoms with Crippen LogP contribution in [0.25, 0.3) is 0 Å². The van der Waals surface area contributed by atoms with Crippen LogP contribution in [0.15, 0.2) is 24.5 Å². The Morgan fingerprint density at radius 1 is 1.47 bits per heavy atom. The molecule has 0 aliphatic heterocycles. The zero-order chi connectivity index (χ0) is 11.1. The minimum atomic E-state index is 0.612. The zero-order valence-electron chi connectivity index (χ0n) is 9.29. The van der Waals surface area contributed by atoms with Gasteiger partial charge in [0.1, 0.15) is 5.82 Å². The molecule has 0 amide bonds. The fourth-order valence-electron chi connectivity index (χ4n) is 1.07. The molecule has 0 aliphatic carbocycles. The van der Waals surface area contributed by atoms with Crippen LogP contribution in [0.5, 0.6) is 0 Å². The maximum Gasteiger partial charge on any atom is 0.147 e. The van der Waals surface area contributed by atoms with E-state index < -0.39 is 0 Å². The first kappa shape index (κ1) is 11.7. The molecule has 15 heavy (non-hydrogen) atoms. The average molecular weight is 207 g/mol. The van der Waals surface area contributed by atoms with Crippen LogP contribution in [0, 0.1) is 6.92 Å². The molecule has 0 aliphatic rings. The summed E-state index contributed by atoms with van der Waals surface area (Å²) >= 11 is 0. The van der Waals surface area contributed by atoms with Crippen molar-refractivity contribution in [3.8, 4) is 0 Å². The van der Waals surface area contributed by atoms with Crippen molar-refractivity contribution < 1.29 is 4.74 Å². The fraction of sp³-hybridized carbons (Fsp3) is 0.455. The van der Waals surface area contributed by atoms with Gasteiger partial charge in [-0.15, -0.1) is 0 Å². The lowest BCUT2D eigenvalue weighted by Gasteiger charge is -2.07. The Labute approximate surface area is 90.4 Å². The van der Waals surface area contributed by atoms with Crippen molar-refractivity contribution in [1.82, 2.24) is 9.97 Å². The first-order valence-electron chi connectivity index (χ1n) is 4.93. The molecule has 1 aromatic heterocycles. The predicted molar refractivity (Wildman–Crippen MR) is 60.9 cm³/mol. The third-order valence-electron chi connectivity index (χ3n) is 1.77. The fourth-order valence-corrected chi connectivity index (χ4v) is 1.07. The van der Waals surface area contributed by atoms with Crippen molar-refractivity contribution in [3.05, 3.63) is 30.2 Å². The monoisotopic (exact) mass is 207 g/mol. The van der Waals surface area contributed by atoms with Gasteiger partial charge in [-0.25, -0.2) is 4.98 Å². The number of ether oxygens (including phenoxy) is 1. The number of anilines is 1. The van der Waals surface area contributed by atoms with E-state index in [4.69, 9.17) is 4.74 Å². The lowest BCUT2D eigenvalue weighted by Crippen LogP contribution is -2.12. The van der Waals surface area contributed by atoms with E-state index in [1.807, 2.05) is 13.8 Å². The van der Waals surface area contributed by atoms with Gasteiger partial charge in [0.25, 0.3) is 0 Å². The molecule has 0 saturated heterocycles. The van der Waals surface area contributed by atoms with Crippen LogP contribution in [-0.4, -0.2) is 29.7 Å². The molecule has 1 aromatic rings. The summed E-state index contributed by atoms with van der Waals surface area (Å²) in [4.78, 5) is 8.29. The van der Waals surface area contributed by atoms with Crippen LogP contribution in [0.1, 0.15) is 12.6 Å². The van der Waals surface area contributed by atoms with Gasteiger partial charge in [0.2, 0.25) is 0 Å². The second-order valence-corrected chi connectivity index (χ2v) is 3.43. The Bertz CT molecular complexity index is 325. The summed E-state index contributed by atoms with van der Waals surface area (Å²) in [5.41, 5.74) is 1.93. The standard InChI is InChI=1S/C11H17N3O/c1-9(2)8-15-7-6-14-11-10(3)12-4-5-13-11/h4-5H,1,6-8H2,2-3H3,(H,13,14). The largest absolute Gasteiger partial charge is 0.375 e. The molecule has 4 nitrogen and oxygen atoms in total. The van der Waals surface area contributed by atoms with Gasteiger partial charge >= 0.3 is 0 Å². The molecule has 0 atom stereocenters. The Morgan fingerprint density at radius 2 is 2.20 bits per heavy atom. The SMILES string of the molecule is C=C(C)COCCNc1nccnc1C. The molecule has 1 N–H and O–H groups in total. The van der Waals surface area contributed by atoms with E-state index >= 15 is 0 Å². The second kappa shape index (κ2) is 6.14. The minimum absolute atomic E-state index is 0.612. The lowest BCUT2D eigenvalue weighted by atomic mass is 10.4. The van der Waals surface area contributed by atoms with Crippen LogP contribution in [0.4, 0.5) is 5.82 Å². The van der Waals surface area contributed by atoms with E-state index in [0.717, 1.165) is 23.6 Å². The molecule has 1 rings (SSSR count). The summed E-state index contributed by atoms with van der Waals surface area (Å²) < 4.78 is 5.35.